The van der Waals surface area contributed by atoms with Crippen molar-refractivity contribution in [2.75, 3.05) is 24.2 Å². The maximum absolute atomic E-state index is 13.6. The Kier molecular flexibility index (Phi) is 3.79. The van der Waals surface area contributed by atoms with Gasteiger partial charge in [0.1, 0.15) is 5.82 Å². The first-order valence-corrected chi connectivity index (χ1v) is 5.56. The summed E-state index contributed by atoms with van der Waals surface area (Å²) in [7, 11) is 1.88. The summed E-state index contributed by atoms with van der Waals surface area (Å²) in [5, 5.41) is 0. The summed E-state index contributed by atoms with van der Waals surface area (Å²) in [5.74, 6) is -0.253. The van der Waals surface area contributed by atoms with Crippen molar-refractivity contribution in [3.8, 4) is 0 Å². The van der Waals surface area contributed by atoms with Gasteiger partial charge in [-0.25, -0.2) is 4.39 Å². The average Bonchev–Trinajstić information content (AvgIpc) is 2.13. The van der Waals surface area contributed by atoms with Gasteiger partial charge in [-0.15, -0.1) is 0 Å². The maximum atomic E-state index is 13.6. The Morgan fingerprint density at radius 3 is 2.44 bits per heavy atom. The van der Waals surface area contributed by atoms with Gasteiger partial charge in [-0.3, -0.25) is 0 Å². The number of hydrogen-bond donors (Lipinski definition) is 1. The molecule has 0 aliphatic carbocycles. The number of para-hydroxylation sites is 1. The minimum Gasteiger partial charge on any atom is -0.397 e. The van der Waals surface area contributed by atoms with E-state index in [-0.39, 0.29) is 11.2 Å². The highest BCUT2D eigenvalue weighted by molar-refractivity contribution is 5.67. The minimum absolute atomic E-state index is 0.244. The lowest BCUT2D eigenvalue weighted by Gasteiger charge is -2.26. The normalized spacial score (nSPS) is 11.6. The highest BCUT2D eigenvalue weighted by Gasteiger charge is 2.15. The molecule has 1 aromatic carbocycles. The molecule has 0 heterocycles. The van der Waals surface area contributed by atoms with E-state index in [4.69, 9.17) is 5.73 Å². The van der Waals surface area contributed by atoms with Gasteiger partial charge in [0.25, 0.3) is 0 Å². The molecule has 0 saturated heterocycles. The zero-order valence-corrected chi connectivity index (χ0v) is 10.5. The molecule has 0 spiro atoms. The van der Waals surface area contributed by atoms with Crippen molar-refractivity contribution in [1.29, 1.82) is 0 Å². The smallest absolute Gasteiger partial charge is 0.148 e. The molecule has 0 aromatic heterocycles. The van der Waals surface area contributed by atoms with E-state index < -0.39 is 0 Å². The molecule has 0 fully saturated rings. The fourth-order valence-corrected chi connectivity index (χ4v) is 1.55. The van der Waals surface area contributed by atoms with Crippen LogP contribution in [0.15, 0.2) is 18.2 Å². The summed E-state index contributed by atoms with van der Waals surface area (Å²) >= 11 is 0. The van der Waals surface area contributed by atoms with Crippen LogP contribution in [0.3, 0.4) is 0 Å². The molecule has 0 aliphatic heterocycles. The van der Waals surface area contributed by atoms with Crippen LogP contribution in [-0.4, -0.2) is 13.6 Å². The van der Waals surface area contributed by atoms with Gasteiger partial charge in [-0.1, -0.05) is 26.8 Å². The molecule has 0 saturated carbocycles. The molecule has 2 nitrogen and oxygen atoms in total. The topological polar surface area (TPSA) is 29.3 Å². The van der Waals surface area contributed by atoms with E-state index in [0.29, 0.717) is 11.4 Å². The zero-order valence-electron chi connectivity index (χ0n) is 10.5. The second kappa shape index (κ2) is 4.73. The molecule has 0 atom stereocenters. The third kappa shape index (κ3) is 3.40. The lowest BCUT2D eigenvalue weighted by molar-refractivity contribution is 0.381. The molecule has 0 amide bonds. The number of benzene rings is 1. The first-order valence-electron chi connectivity index (χ1n) is 5.56. The number of hydrogen-bond acceptors (Lipinski definition) is 2. The van der Waals surface area contributed by atoms with Crippen molar-refractivity contribution >= 4 is 11.4 Å². The van der Waals surface area contributed by atoms with Crippen molar-refractivity contribution in [2.45, 2.75) is 27.2 Å². The van der Waals surface area contributed by atoms with Crippen LogP contribution in [0.1, 0.15) is 27.2 Å². The van der Waals surface area contributed by atoms with E-state index in [0.717, 1.165) is 13.0 Å². The van der Waals surface area contributed by atoms with Gasteiger partial charge in [0, 0.05) is 13.6 Å². The largest absolute Gasteiger partial charge is 0.397 e. The Morgan fingerprint density at radius 1 is 1.31 bits per heavy atom. The number of anilines is 2. The number of nitrogen functional groups attached to an aromatic ring is 1. The first-order chi connectivity index (χ1) is 7.31. The predicted octanol–water partition coefficient (Wildman–Crippen LogP) is 3.28. The second-order valence-corrected chi connectivity index (χ2v) is 5.41. The zero-order chi connectivity index (χ0) is 12.3. The Hall–Kier alpha value is -1.25. The molecule has 1 aromatic rings. The fraction of sp³-hybridized carbons (Fsp3) is 0.538. The van der Waals surface area contributed by atoms with E-state index in [1.165, 1.54) is 6.07 Å². The molecule has 0 bridgehead atoms. The Labute approximate surface area is 97.3 Å². The van der Waals surface area contributed by atoms with Crippen LogP contribution in [0, 0.1) is 11.2 Å². The summed E-state index contributed by atoms with van der Waals surface area (Å²) < 4.78 is 13.6. The standard InChI is InChI=1S/C13H21FN2/c1-13(2,3)8-9-16(4)12-10(14)6-5-7-11(12)15/h5-7H,8-9,15H2,1-4H3. The molecule has 90 valence electrons. The molecular weight excluding hydrogens is 203 g/mol. The number of nitrogens with two attached hydrogens (primary N) is 1. The van der Waals surface area contributed by atoms with Gasteiger partial charge < -0.3 is 10.6 Å². The van der Waals surface area contributed by atoms with E-state index in [9.17, 15) is 4.39 Å². The molecule has 1 rings (SSSR count). The van der Waals surface area contributed by atoms with Crippen molar-refractivity contribution in [1.82, 2.24) is 0 Å². The molecule has 3 heteroatoms. The molecule has 0 aliphatic rings. The first kappa shape index (κ1) is 12.8. The lowest BCUT2D eigenvalue weighted by Crippen LogP contribution is -2.24. The van der Waals surface area contributed by atoms with Crippen LogP contribution >= 0.6 is 0 Å². The third-order valence-corrected chi connectivity index (χ3v) is 2.60. The number of nitrogens with zero attached hydrogens (tertiary/aromatic N) is 1. The van der Waals surface area contributed by atoms with Gasteiger partial charge in [0.2, 0.25) is 0 Å². The van der Waals surface area contributed by atoms with E-state index in [2.05, 4.69) is 20.8 Å². The third-order valence-electron chi connectivity index (χ3n) is 2.60. The highest BCUT2D eigenvalue weighted by atomic mass is 19.1. The van der Waals surface area contributed by atoms with E-state index in [1.807, 2.05) is 11.9 Å². The van der Waals surface area contributed by atoms with Gasteiger partial charge in [0.05, 0.1) is 11.4 Å². The van der Waals surface area contributed by atoms with Gasteiger partial charge in [-0.2, -0.15) is 0 Å². The molecular formula is C13H21FN2. The highest BCUT2D eigenvalue weighted by Crippen LogP contribution is 2.27. The van der Waals surface area contributed by atoms with Crippen molar-refractivity contribution < 1.29 is 4.39 Å². The minimum atomic E-state index is -0.253. The van der Waals surface area contributed by atoms with Crippen LogP contribution in [0.5, 0.6) is 0 Å². The summed E-state index contributed by atoms with van der Waals surface area (Å²) in [4.78, 5) is 1.88. The van der Waals surface area contributed by atoms with Crippen molar-refractivity contribution in [2.24, 2.45) is 5.41 Å². The van der Waals surface area contributed by atoms with Crippen LogP contribution in [0.4, 0.5) is 15.8 Å². The summed E-state index contributed by atoms with van der Waals surface area (Å²) in [5.41, 5.74) is 7.03. The lowest BCUT2D eigenvalue weighted by atomic mass is 9.92. The predicted molar refractivity (Wildman–Crippen MR) is 68.2 cm³/mol. The van der Waals surface area contributed by atoms with Crippen LogP contribution in [0.25, 0.3) is 0 Å². The quantitative estimate of drug-likeness (QED) is 0.798. The van der Waals surface area contributed by atoms with Crippen LogP contribution in [-0.2, 0) is 0 Å². The van der Waals surface area contributed by atoms with Crippen LogP contribution in [0.2, 0.25) is 0 Å². The molecule has 0 unspecified atom stereocenters. The Morgan fingerprint density at radius 2 is 1.94 bits per heavy atom. The summed E-state index contributed by atoms with van der Waals surface area (Å²) in [6, 6.07) is 4.80. The number of rotatable bonds is 3. The Balaban J connectivity index is 2.77. The van der Waals surface area contributed by atoms with Gasteiger partial charge in [0.15, 0.2) is 0 Å². The van der Waals surface area contributed by atoms with Crippen molar-refractivity contribution in [3.05, 3.63) is 24.0 Å². The summed E-state index contributed by atoms with van der Waals surface area (Å²) in [6.07, 6.45) is 0.997. The fourth-order valence-electron chi connectivity index (χ4n) is 1.55. The number of halogens is 1. The Bertz CT molecular complexity index is 335. The van der Waals surface area contributed by atoms with E-state index >= 15 is 0 Å². The second-order valence-electron chi connectivity index (χ2n) is 5.41. The van der Waals surface area contributed by atoms with Gasteiger partial charge >= 0.3 is 0 Å². The van der Waals surface area contributed by atoms with E-state index in [1.54, 1.807) is 12.1 Å². The van der Waals surface area contributed by atoms with Crippen molar-refractivity contribution in [3.63, 3.8) is 0 Å². The molecule has 2 N–H and O–H groups in total. The van der Waals surface area contributed by atoms with Gasteiger partial charge in [-0.05, 0) is 24.0 Å². The summed E-state index contributed by atoms with van der Waals surface area (Å²) in [6.45, 7) is 7.32. The SMILES string of the molecule is CN(CCC(C)(C)C)c1c(N)cccc1F. The molecule has 0 radical (unpaired) electrons. The maximum Gasteiger partial charge on any atom is 0.148 e. The monoisotopic (exact) mass is 224 g/mol. The molecule has 16 heavy (non-hydrogen) atoms. The average molecular weight is 224 g/mol. The van der Waals surface area contributed by atoms with Crippen LogP contribution < -0.4 is 10.6 Å².